The highest BCUT2D eigenvalue weighted by atomic mass is 32.2. The molecule has 0 fully saturated rings. The number of aromatic nitrogens is 1. The van der Waals surface area contributed by atoms with Gasteiger partial charge < -0.3 is 15.4 Å². The number of para-hydroxylation sites is 1. The van der Waals surface area contributed by atoms with Crippen molar-refractivity contribution < 1.29 is 9.53 Å². The number of ether oxygens (including phenoxy) is 1. The van der Waals surface area contributed by atoms with Crippen LogP contribution in [0.1, 0.15) is 19.4 Å². The van der Waals surface area contributed by atoms with Crippen molar-refractivity contribution in [2.75, 3.05) is 11.4 Å². The number of pyridine rings is 1. The first-order valence-electron chi connectivity index (χ1n) is 10.2. The van der Waals surface area contributed by atoms with Crippen LogP contribution in [0.15, 0.2) is 83.5 Å². The van der Waals surface area contributed by atoms with E-state index in [0.717, 1.165) is 27.4 Å². The molecule has 1 amide bonds. The molecule has 0 unspecified atom stereocenters. The molecule has 0 spiro atoms. The quantitative estimate of drug-likeness (QED) is 0.568. The van der Waals surface area contributed by atoms with Crippen LogP contribution in [0.3, 0.4) is 0 Å². The minimum absolute atomic E-state index is 0.117. The van der Waals surface area contributed by atoms with Gasteiger partial charge in [0.25, 0.3) is 5.91 Å². The van der Waals surface area contributed by atoms with E-state index < -0.39 is 5.91 Å². The zero-order valence-corrected chi connectivity index (χ0v) is 18.4. The van der Waals surface area contributed by atoms with E-state index in [0.29, 0.717) is 17.9 Å². The Hall–Kier alpha value is -3.25. The Morgan fingerprint density at radius 1 is 1.16 bits per heavy atom. The molecule has 31 heavy (non-hydrogen) atoms. The Kier molecular flexibility index (Phi) is 6.28. The fourth-order valence-electron chi connectivity index (χ4n) is 3.55. The van der Waals surface area contributed by atoms with Crippen molar-refractivity contribution in [3.05, 3.63) is 89.1 Å². The SMILES string of the molecule is CC(C)Oc1ccc(N2CC=CC(C(N)=O)=C2SCc2ccnc3ccccc23)cc1. The summed E-state index contributed by atoms with van der Waals surface area (Å²) in [4.78, 5) is 18.7. The van der Waals surface area contributed by atoms with Crippen LogP contribution in [0.25, 0.3) is 10.9 Å². The molecule has 158 valence electrons. The molecule has 2 aromatic carbocycles. The van der Waals surface area contributed by atoms with Gasteiger partial charge in [0.15, 0.2) is 0 Å². The molecule has 2 heterocycles. The number of rotatable bonds is 7. The second-order valence-electron chi connectivity index (χ2n) is 7.53. The normalized spacial score (nSPS) is 13.8. The Labute approximate surface area is 186 Å². The van der Waals surface area contributed by atoms with Crippen LogP contribution in [0, 0.1) is 0 Å². The lowest BCUT2D eigenvalue weighted by molar-refractivity contribution is -0.114. The van der Waals surface area contributed by atoms with Crippen molar-refractivity contribution in [2.24, 2.45) is 5.73 Å². The van der Waals surface area contributed by atoms with E-state index >= 15 is 0 Å². The highest BCUT2D eigenvalue weighted by molar-refractivity contribution is 8.02. The Morgan fingerprint density at radius 3 is 2.68 bits per heavy atom. The summed E-state index contributed by atoms with van der Waals surface area (Å²) in [6, 6.07) is 18.0. The van der Waals surface area contributed by atoms with Crippen LogP contribution >= 0.6 is 11.8 Å². The monoisotopic (exact) mass is 431 g/mol. The van der Waals surface area contributed by atoms with Gasteiger partial charge in [-0.05, 0) is 61.9 Å². The molecule has 1 aromatic heterocycles. The van der Waals surface area contributed by atoms with Crippen molar-refractivity contribution in [1.82, 2.24) is 4.98 Å². The van der Waals surface area contributed by atoms with E-state index in [2.05, 4.69) is 16.0 Å². The van der Waals surface area contributed by atoms with Gasteiger partial charge in [0.2, 0.25) is 0 Å². The van der Waals surface area contributed by atoms with E-state index in [1.165, 1.54) is 5.56 Å². The molecule has 0 saturated carbocycles. The lowest BCUT2D eigenvalue weighted by Crippen LogP contribution is -2.29. The number of primary amides is 1. The summed E-state index contributed by atoms with van der Waals surface area (Å²) < 4.78 is 5.76. The van der Waals surface area contributed by atoms with Gasteiger partial charge in [-0.2, -0.15) is 0 Å². The number of carbonyl (C=O) groups excluding carboxylic acids is 1. The highest BCUT2D eigenvalue weighted by Gasteiger charge is 2.22. The van der Waals surface area contributed by atoms with E-state index in [9.17, 15) is 4.79 Å². The number of hydrogen-bond donors (Lipinski definition) is 1. The topological polar surface area (TPSA) is 68.5 Å². The maximum Gasteiger partial charge on any atom is 0.251 e. The maximum absolute atomic E-state index is 12.2. The highest BCUT2D eigenvalue weighted by Crippen LogP contribution is 2.36. The second kappa shape index (κ2) is 9.27. The first-order chi connectivity index (χ1) is 15.0. The maximum atomic E-state index is 12.2. The molecule has 2 N–H and O–H groups in total. The second-order valence-corrected chi connectivity index (χ2v) is 8.50. The minimum atomic E-state index is -0.428. The van der Waals surface area contributed by atoms with Crippen molar-refractivity contribution in [3.63, 3.8) is 0 Å². The number of amides is 1. The largest absolute Gasteiger partial charge is 0.491 e. The van der Waals surface area contributed by atoms with E-state index in [-0.39, 0.29) is 6.10 Å². The molecule has 0 radical (unpaired) electrons. The lowest BCUT2D eigenvalue weighted by atomic mass is 10.1. The zero-order chi connectivity index (χ0) is 21.8. The first kappa shape index (κ1) is 21.0. The third-order valence-electron chi connectivity index (χ3n) is 4.94. The number of nitrogens with zero attached hydrogens (tertiary/aromatic N) is 2. The standard InChI is InChI=1S/C25H25N3O2S/c1-17(2)30-20-11-9-19(10-12-20)28-15-5-7-22(24(26)29)25(28)31-16-18-13-14-27-23-8-4-3-6-21(18)23/h3-14,17H,15-16H2,1-2H3,(H2,26,29). The summed E-state index contributed by atoms with van der Waals surface area (Å²) >= 11 is 1.61. The molecule has 1 aliphatic heterocycles. The van der Waals surface area contributed by atoms with Crippen molar-refractivity contribution in [3.8, 4) is 5.75 Å². The number of carbonyl (C=O) groups is 1. The average molecular weight is 432 g/mol. The van der Waals surface area contributed by atoms with E-state index in [4.69, 9.17) is 10.5 Å². The fourth-order valence-corrected chi connectivity index (χ4v) is 4.75. The number of nitrogens with two attached hydrogens (primary N) is 1. The number of anilines is 1. The lowest BCUT2D eigenvalue weighted by Gasteiger charge is -2.30. The van der Waals surface area contributed by atoms with Crippen LogP contribution in [0.4, 0.5) is 5.69 Å². The van der Waals surface area contributed by atoms with Gasteiger partial charge in [0.05, 0.1) is 22.2 Å². The number of fused-ring (bicyclic) bond motifs is 1. The molecular weight excluding hydrogens is 406 g/mol. The van der Waals surface area contributed by atoms with Gasteiger partial charge >= 0.3 is 0 Å². The van der Waals surface area contributed by atoms with Crippen molar-refractivity contribution in [1.29, 1.82) is 0 Å². The summed E-state index contributed by atoms with van der Waals surface area (Å²) in [6.45, 7) is 4.67. The number of thioether (sulfide) groups is 1. The summed E-state index contributed by atoms with van der Waals surface area (Å²) in [5.41, 5.74) is 9.36. The van der Waals surface area contributed by atoms with Gasteiger partial charge in [-0.25, -0.2) is 0 Å². The Balaban J connectivity index is 1.64. The van der Waals surface area contributed by atoms with Gasteiger partial charge in [0, 0.05) is 29.6 Å². The zero-order valence-electron chi connectivity index (χ0n) is 17.6. The molecule has 5 nitrogen and oxygen atoms in total. The van der Waals surface area contributed by atoms with Crippen molar-refractivity contribution >= 4 is 34.3 Å². The third-order valence-corrected chi connectivity index (χ3v) is 6.11. The fraction of sp³-hybridized carbons (Fsp3) is 0.200. The van der Waals surface area contributed by atoms with Crippen molar-refractivity contribution in [2.45, 2.75) is 25.7 Å². The third kappa shape index (κ3) is 4.75. The Bertz CT molecular complexity index is 1150. The smallest absolute Gasteiger partial charge is 0.251 e. The molecule has 3 aromatic rings. The van der Waals surface area contributed by atoms with Gasteiger partial charge in [0.1, 0.15) is 5.75 Å². The van der Waals surface area contributed by atoms with E-state index in [1.807, 2.05) is 80.7 Å². The predicted molar refractivity (Wildman–Crippen MR) is 128 cm³/mol. The molecule has 4 rings (SSSR count). The molecule has 0 aliphatic carbocycles. The van der Waals surface area contributed by atoms with Gasteiger partial charge in [-0.15, -0.1) is 11.8 Å². The number of benzene rings is 2. The molecule has 0 saturated heterocycles. The minimum Gasteiger partial charge on any atom is -0.491 e. The average Bonchev–Trinajstić information content (AvgIpc) is 2.77. The Morgan fingerprint density at radius 2 is 1.94 bits per heavy atom. The summed E-state index contributed by atoms with van der Waals surface area (Å²) in [5.74, 6) is 1.10. The predicted octanol–water partition coefficient (Wildman–Crippen LogP) is 5.03. The van der Waals surface area contributed by atoms with E-state index in [1.54, 1.807) is 11.8 Å². The summed E-state index contributed by atoms with van der Waals surface area (Å²) in [5, 5.41) is 1.97. The first-order valence-corrected chi connectivity index (χ1v) is 11.2. The molecule has 6 heteroatoms. The molecule has 0 bridgehead atoms. The molecule has 0 atom stereocenters. The van der Waals surface area contributed by atoms with Crippen LogP contribution in [0.5, 0.6) is 5.75 Å². The molecule has 1 aliphatic rings. The summed E-state index contributed by atoms with van der Waals surface area (Å²) in [6.07, 6.45) is 5.73. The van der Waals surface area contributed by atoms with Gasteiger partial charge in [-0.3, -0.25) is 9.78 Å². The van der Waals surface area contributed by atoms with Crippen LogP contribution in [-0.2, 0) is 10.5 Å². The van der Waals surface area contributed by atoms with Crippen LogP contribution in [0.2, 0.25) is 0 Å². The van der Waals surface area contributed by atoms with Crippen LogP contribution < -0.4 is 15.4 Å². The van der Waals surface area contributed by atoms with Crippen LogP contribution in [-0.4, -0.2) is 23.5 Å². The van der Waals surface area contributed by atoms with Gasteiger partial charge in [-0.1, -0.05) is 24.3 Å². The number of hydrogen-bond acceptors (Lipinski definition) is 5. The molecular formula is C25H25N3O2S. The summed E-state index contributed by atoms with van der Waals surface area (Å²) in [7, 11) is 0.